The highest BCUT2D eigenvalue weighted by Gasteiger charge is 2.18. The van der Waals surface area contributed by atoms with Crippen molar-refractivity contribution >= 4 is 40.8 Å². The molecule has 0 fully saturated rings. The molecule has 7 nitrogen and oxygen atoms in total. The van der Waals surface area contributed by atoms with Gasteiger partial charge in [0.1, 0.15) is 6.04 Å². The van der Waals surface area contributed by atoms with Crippen LogP contribution >= 0.6 is 23.2 Å². The Morgan fingerprint density at radius 2 is 1.82 bits per heavy atom. The third kappa shape index (κ3) is 6.81. The largest absolute Gasteiger partial charge is 0.480 e. The molecule has 2 aromatic carbocycles. The molecule has 0 aliphatic heterocycles. The van der Waals surface area contributed by atoms with Crippen LogP contribution in [0.1, 0.15) is 31.4 Å². The molecule has 174 valence electrons. The fraction of sp³-hybridized carbons (Fsp3) is 0.292. The number of aliphatic carboxylic acids is 1. The van der Waals surface area contributed by atoms with Gasteiger partial charge < -0.3 is 21.5 Å². The molecule has 1 heterocycles. The van der Waals surface area contributed by atoms with Gasteiger partial charge in [0.15, 0.2) is 11.6 Å². The fourth-order valence-electron chi connectivity index (χ4n) is 3.37. The molecule has 0 saturated carbocycles. The zero-order valence-corrected chi connectivity index (χ0v) is 20.0. The molecule has 0 bridgehead atoms. The Kier molecular flexibility index (Phi) is 8.49. The lowest BCUT2D eigenvalue weighted by molar-refractivity contribution is -0.140. The summed E-state index contributed by atoms with van der Waals surface area (Å²) in [5, 5.41) is 16.8. The molecule has 0 aliphatic carbocycles. The predicted molar refractivity (Wildman–Crippen MR) is 133 cm³/mol. The lowest BCUT2D eigenvalue weighted by atomic mass is 10.0. The van der Waals surface area contributed by atoms with Crippen molar-refractivity contribution in [3.63, 3.8) is 0 Å². The van der Waals surface area contributed by atoms with E-state index in [9.17, 15) is 9.90 Å². The van der Waals surface area contributed by atoms with Gasteiger partial charge >= 0.3 is 5.97 Å². The van der Waals surface area contributed by atoms with Gasteiger partial charge in [-0.1, -0.05) is 61.3 Å². The van der Waals surface area contributed by atoms with Crippen LogP contribution in [-0.4, -0.2) is 27.1 Å². The first-order chi connectivity index (χ1) is 15.7. The number of rotatable bonds is 10. The highest BCUT2D eigenvalue weighted by atomic mass is 35.5. The Bertz CT molecular complexity index is 1100. The van der Waals surface area contributed by atoms with E-state index < -0.39 is 12.0 Å². The normalized spacial score (nSPS) is 12.0. The van der Waals surface area contributed by atoms with Crippen LogP contribution < -0.4 is 16.4 Å². The summed E-state index contributed by atoms with van der Waals surface area (Å²) in [6, 6.07) is 12.4. The summed E-state index contributed by atoms with van der Waals surface area (Å²) in [6.07, 6.45) is 2.16. The van der Waals surface area contributed by atoms with Gasteiger partial charge in [-0.15, -0.1) is 0 Å². The van der Waals surface area contributed by atoms with E-state index in [1.54, 1.807) is 24.4 Å². The number of nitrogens with one attached hydrogen (secondary N) is 2. The first-order valence-corrected chi connectivity index (χ1v) is 11.3. The third-order valence-corrected chi connectivity index (χ3v) is 5.78. The molecule has 0 spiro atoms. The number of nitrogen functional groups attached to an aromatic ring is 1. The monoisotopic (exact) mass is 487 g/mol. The topological polar surface area (TPSA) is 113 Å². The van der Waals surface area contributed by atoms with Crippen molar-refractivity contribution < 1.29 is 9.90 Å². The van der Waals surface area contributed by atoms with Crippen LogP contribution in [0.25, 0.3) is 11.3 Å². The van der Waals surface area contributed by atoms with Crippen LogP contribution in [0.5, 0.6) is 0 Å². The van der Waals surface area contributed by atoms with Crippen LogP contribution in [0, 0.1) is 5.92 Å². The van der Waals surface area contributed by atoms with Crippen molar-refractivity contribution in [1.82, 2.24) is 15.3 Å². The van der Waals surface area contributed by atoms with E-state index in [4.69, 9.17) is 28.9 Å². The van der Waals surface area contributed by atoms with Gasteiger partial charge in [0.05, 0.1) is 11.9 Å². The molecule has 1 atom stereocenters. The first kappa shape index (κ1) is 24.8. The molecule has 1 aromatic heterocycles. The second-order valence-corrected chi connectivity index (χ2v) is 8.96. The lowest BCUT2D eigenvalue weighted by Gasteiger charge is -2.17. The number of anilines is 2. The van der Waals surface area contributed by atoms with Crippen LogP contribution in [-0.2, 0) is 17.9 Å². The number of hydrogen-bond acceptors (Lipinski definition) is 6. The number of benzene rings is 2. The van der Waals surface area contributed by atoms with Crippen molar-refractivity contribution in [3.8, 4) is 11.3 Å². The van der Waals surface area contributed by atoms with Crippen molar-refractivity contribution in [2.75, 3.05) is 11.1 Å². The van der Waals surface area contributed by atoms with E-state index in [-0.39, 0.29) is 11.7 Å². The number of carboxylic acids is 1. The highest BCUT2D eigenvalue weighted by Crippen LogP contribution is 2.27. The molecule has 0 radical (unpaired) electrons. The summed E-state index contributed by atoms with van der Waals surface area (Å²) in [5.41, 5.74) is 9.19. The Hall–Kier alpha value is -2.87. The summed E-state index contributed by atoms with van der Waals surface area (Å²) < 4.78 is 0. The van der Waals surface area contributed by atoms with Gasteiger partial charge in [-0.3, -0.25) is 4.79 Å². The zero-order valence-electron chi connectivity index (χ0n) is 18.5. The highest BCUT2D eigenvalue weighted by molar-refractivity contribution is 6.36. The second kappa shape index (κ2) is 11.3. The number of carboxylic acid groups (broad SMARTS) is 1. The minimum Gasteiger partial charge on any atom is -0.480 e. The van der Waals surface area contributed by atoms with Gasteiger partial charge in [-0.2, -0.15) is 0 Å². The molecule has 0 saturated heterocycles. The smallest absolute Gasteiger partial charge is 0.320 e. The quantitative estimate of drug-likeness (QED) is 0.309. The molecule has 3 rings (SSSR count). The minimum absolute atomic E-state index is 0.262. The molecular weight excluding hydrogens is 461 g/mol. The number of nitrogens with two attached hydrogens (primary N) is 1. The van der Waals surface area contributed by atoms with Gasteiger partial charge in [0, 0.05) is 34.3 Å². The van der Waals surface area contributed by atoms with Gasteiger partial charge in [-0.05, 0) is 36.1 Å². The van der Waals surface area contributed by atoms with E-state index in [1.165, 1.54) is 0 Å². The number of aromatic nitrogens is 2. The zero-order chi connectivity index (χ0) is 24.0. The van der Waals surface area contributed by atoms with Crippen LogP contribution in [0.4, 0.5) is 11.6 Å². The van der Waals surface area contributed by atoms with E-state index in [0.717, 1.165) is 16.7 Å². The maximum atomic E-state index is 11.5. The summed E-state index contributed by atoms with van der Waals surface area (Å²) in [5.74, 6) is 0.118. The number of carbonyl (C=O) groups is 1. The summed E-state index contributed by atoms with van der Waals surface area (Å²) in [6.45, 7) is 4.78. The van der Waals surface area contributed by atoms with Crippen molar-refractivity contribution in [2.24, 2.45) is 5.92 Å². The van der Waals surface area contributed by atoms with Crippen molar-refractivity contribution in [3.05, 3.63) is 69.8 Å². The van der Waals surface area contributed by atoms with Gasteiger partial charge in [-0.25, -0.2) is 9.97 Å². The Morgan fingerprint density at radius 1 is 1.12 bits per heavy atom. The predicted octanol–water partition coefficient (Wildman–Crippen LogP) is 5.23. The van der Waals surface area contributed by atoms with E-state index >= 15 is 0 Å². The first-order valence-electron chi connectivity index (χ1n) is 10.6. The van der Waals surface area contributed by atoms with E-state index in [1.807, 2.05) is 38.1 Å². The average Bonchev–Trinajstić information content (AvgIpc) is 2.77. The van der Waals surface area contributed by atoms with E-state index in [2.05, 4.69) is 20.6 Å². The second-order valence-electron chi connectivity index (χ2n) is 8.14. The van der Waals surface area contributed by atoms with Crippen molar-refractivity contribution in [1.29, 1.82) is 0 Å². The van der Waals surface area contributed by atoms with Crippen LogP contribution in [0.15, 0.2) is 48.7 Å². The molecule has 0 aliphatic rings. The van der Waals surface area contributed by atoms with E-state index in [0.29, 0.717) is 41.1 Å². The Labute approximate surface area is 203 Å². The molecule has 3 aromatic rings. The van der Waals surface area contributed by atoms with Gasteiger partial charge in [0.2, 0.25) is 0 Å². The number of hydrogen-bond donors (Lipinski definition) is 4. The Morgan fingerprint density at radius 3 is 2.48 bits per heavy atom. The van der Waals surface area contributed by atoms with Crippen molar-refractivity contribution in [2.45, 2.75) is 39.4 Å². The molecule has 0 unspecified atom stereocenters. The maximum absolute atomic E-state index is 11.5. The van der Waals surface area contributed by atoms with Crippen LogP contribution in [0.3, 0.4) is 0 Å². The molecular formula is C24H27Cl2N5O2. The molecule has 33 heavy (non-hydrogen) atoms. The summed E-state index contributed by atoms with van der Waals surface area (Å²) in [4.78, 5) is 20.4. The molecule has 9 heteroatoms. The molecule has 0 amide bonds. The maximum Gasteiger partial charge on any atom is 0.320 e. The average molecular weight is 488 g/mol. The Balaban J connectivity index is 1.75. The van der Waals surface area contributed by atoms with Crippen LogP contribution in [0.2, 0.25) is 10.0 Å². The third-order valence-electron chi connectivity index (χ3n) is 5.08. The fourth-order valence-corrected chi connectivity index (χ4v) is 3.90. The SMILES string of the molecule is CC(C)C[C@@H](NCc1cccc(-c2cnc(N)c(NCc3c(Cl)cccc3Cl)n2)c1)C(=O)O. The molecule has 5 N–H and O–H groups in total. The lowest BCUT2D eigenvalue weighted by Crippen LogP contribution is -2.37. The summed E-state index contributed by atoms with van der Waals surface area (Å²) in [7, 11) is 0. The number of nitrogens with zero attached hydrogens (tertiary/aromatic N) is 2. The summed E-state index contributed by atoms with van der Waals surface area (Å²) >= 11 is 12.5. The minimum atomic E-state index is -0.849. The number of halogens is 2. The van der Waals surface area contributed by atoms with Gasteiger partial charge in [0.25, 0.3) is 0 Å². The standard InChI is InChI=1S/C24H27Cl2N5O2/c1-14(2)9-20(24(32)33)28-11-15-5-3-6-16(10-15)21-13-29-22(27)23(31-21)30-12-17-18(25)7-4-8-19(17)26/h3-8,10,13-14,20,28H,9,11-12H2,1-2H3,(H2,27,29)(H,30,31)(H,32,33)/t20-/m1/s1.